The highest BCUT2D eigenvalue weighted by atomic mass is 19.4. The lowest BCUT2D eigenvalue weighted by molar-refractivity contribution is -0.139. The van der Waals surface area contributed by atoms with Crippen LogP contribution in [0.25, 0.3) is 0 Å². The molecule has 0 spiro atoms. The fourth-order valence-electron chi connectivity index (χ4n) is 4.84. The van der Waals surface area contributed by atoms with Crippen molar-refractivity contribution in [1.82, 2.24) is 0 Å². The number of allylic oxidation sites excluding steroid dienone is 2. The highest BCUT2D eigenvalue weighted by Crippen LogP contribution is 2.38. The number of hydrogen-bond acceptors (Lipinski definition) is 4. The molecule has 10 heteroatoms. The molecule has 0 aromatic heterocycles. The van der Waals surface area contributed by atoms with Gasteiger partial charge in [0.15, 0.2) is 11.6 Å². The first-order valence-corrected chi connectivity index (χ1v) is 11.5. The molecule has 2 aromatic carbocycles. The maximum atomic E-state index is 13.8. The normalized spacial score (nSPS) is 20.5. The van der Waals surface area contributed by atoms with Crippen molar-refractivity contribution < 1.29 is 42.5 Å². The molecular weight excluding hydrogens is 488 g/mol. The van der Waals surface area contributed by atoms with Crippen molar-refractivity contribution in [3.05, 3.63) is 75.9 Å². The zero-order valence-corrected chi connectivity index (χ0v) is 19.0. The summed E-state index contributed by atoms with van der Waals surface area (Å²) < 4.78 is 81.8. The molecular formula is C26H25F6NO3. The fraction of sp³-hybridized carbons (Fsp3) is 0.385. The molecule has 1 saturated carbocycles. The smallest absolute Gasteiger partial charge is 0.393 e. The van der Waals surface area contributed by atoms with E-state index in [1.54, 1.807) is 0 Å². The van der Waals surface area contributed by atoms with Gasteiger partial charge in [-0.25, -0.2) is 0 Å². The number of rotatable bonds is 5. The summed E-state index contributed by atoms with van der Waals surface area (Å²) in [4.78, 5) is 25.7. The quantitative estimate of drug-likeness (QED) is 0.371. The minimum Gasteiger partial charge on any atom is -0.393 e. The van der Waals surface area contributed by atoms with Gasteiger partial charge >= 0.3 is 12.4 Å². The number of aliphatic hydroxyl groups is 1. The number of carbonyl (C=O) groups excluding carboxylic acids is 2. The number of alkyl halides is 6. The van der Waals surface area contributed by atoms with Crippen LogP contribution < -0.4 is 5.32 Å². The fourth-order valence-corrected chi connectivity index (χ4v) is 4.84. The number of halogens is 6. The van der Waals surface area contributed by atoms with E-state index in [0.717, 1.165) is 30.7 Å². The monoisotopic (exact) mass is 513 g/mol. The van der Waals surface area contributed by atoms with Gasteiger partial charge in [-0.3, -0.25) is 9.59 Å². The van der Waals surface area contributed by atoms with E-state index in [1.165, 1.54) is 18.2 Å². The third-order valence-electron chi connectivity index (χ3n) is 6.54. The molecule has 4 nitrogen and oxygen atoms in total. The Bertz CT molecular complexity index is 1220. The summed E-state index contributed by atoms with van der Waals surface area (Å²) >= 11 is 0. The third-order valence-corrected chi connectivity index (χ3v) is 6.54. The van der Waals surface area contributed by atoms with Gasteiger partial charge < -0.3 is 10.4 Å². The number of anilines is 1. The zero-order chi connectivity index (χ0) is 26.3. The summed E-state index contributed by atoms with van der Waals surface area (Å²) in [6.45, 7) is 0. The molecule has 4 rings (SSSR count). The van der Waals surface area contributed by atoms with Gasteiger partial charge in [0.25, 0.3) is 0 Å². The van der Waals surface area contributed by atoms with E-state index in [9.17, 15) is 41.0 Å². The summed E-state index contributed by atoms with van der Waals surface area (Å²) in [5, 5.41) is 12.8. The van der Waals surface area contributed by atoms with Crippen LogP contribution in [0.15, 0.2) is 48.0 Å². The Kier molecular flexibility index (Phi) is 7.01. The third kappa shape index (κ3) is 5.48. The first-order chi connectivity index (χ1) is 16.8. The van der Waals surface area contributed by atoms with E-state index in [4.69, 9.17) is 0 Å². The topological polar surface area (TPSA) is 66.4 Å². The Morgan fingerprint density at radius 1 is 1.03 bits per heavy atom. The molecule has 2 aromatic rings. The predicted molar refractivity (Wildman–Crippen MR) is 122 cm³/mol. The van der Waals surface area contributed by atoms with Crippen LogP contribution in [0.1, 0.15) is 59.7 Å². The van der Waals surface area contributed by atoms with Crippen LogP contribution in [0.5, 0.6) is 0 Å². The van der Waals surface area contributed by atoms with Crippen LogP contribution in [0.2, 0.25) is 0 Å². The summed E-state index contributed by atoms with van der Waals surface area (Å²) in [7, 11) is 0. The van der Waals surface area contributed by atoms with E-state index in [-0.39, 0.29) is 30.7 Å². The first-order valence-electron chi connectivity index (χ1n) is 11.5. The van der Waals surface area contributed by atoms with E-state index in [2.05, 4.69) is 5.32 Å². The van der Waals surface area contributed by atoms with E-state index in [1.807, 2.05) is 0 Å². The molecule has 0 amide bonds. The average molecular weight is 513 g/mol. The van der Waals surface area contributed by atoms with Crippen LogP contribution in [-0.4, -0.2) is 28.8 Å². The zero-order valence-electron chi connectivity index (χ0n) is 19.0. The molecule has 2 aliphatic carbocycles. The summed E-state index contributed by atoms with van der Waals surface area (Å²) in [6, 6.07) is 6.43. The highest BCUT2D eigenvalue weighted by molar-refractivity contribution is 6.28. The first kappa shape index (κ1) is 25.9. The Hall–Kier alpha value is -3.14. The minimum atomic E-state index is -4.83. The van der Waals surface area contributed by atoms with Gasteiger partial charge in [0.2, 0.25) is 0 Å². The van der Waals surface area contributed by atoms with E-state index < -0.39 is 58.7 Å². The Morgan fingerprint density at radius 2 is 1.75 bits per heavy atom. The Labute approximate surface area is 204 Å². The van der Waals surface area contributed by atoms with Crippen LogP contribution in [0.3, 0.4) is 0 Å². The molecule has 2 atom stereocenters. The van der Waals surface area contributed by atoms with Crippen LogP contribution in [0.4, 0.5) is 32.0 Å². The second-order valence-corrected chi connectivity index (χ2v) is 9.12. The Morgan fingerprint density at radius 3 is 2.42 bits per heavy atom. The highest BCUT2D eigenvalue weighted by Gasteiger charge is 2.39. The van der Waals surface area contributed by atoms with Gasteiger partial charge in [0.05, 0.1) is 22.8 Å². The van der Waals surface area contributed by atoms with Crippen molar-refractivity contribution in [3.8, 4) is 0 Å². The van der Waals surface area contributed by atoms with Crippen molar-refractivity contribution in [2.45, 2.75) is 63.0 Å². The predicted octanol–water partition coefficient (Wildman–Crippen LogP) is 6.16. The number of fused-ring (bicyclic) bond motifs is 1. The number of carbonyl (C=O) groups is 2. The van der Waals surface area contributed by atoms with Crippen molar-refractivity contribution >= 4 is 17.3 Å². The minimum absolute atomic E-state index is 0. The number of aliphatic hydroxyl groups excluding tert-OH is 1. The summed E-state index contributed by atoms with van der Waals surface area (Å²) in [5.41, 5.74) is -3.54. The molecule has 194 valence electrons. The summed E-state index contributed by atoms with van der Waals surface area (Å²) in [5.74, 6) is -2.12. The van der Waals surface area contributed by atoms with Gasteiger partial charge in [0.1, 0.15) is 0 Å². The molecule has 0 radical (unpaired) electrons. The average Bonchev–Trinajstić information content (AvgIpc) is 2.78. The molecule has 1 fully saturated rings. The largest absolute Gasteiger partial charge is 0.417 e. The summed E-state index contributed by atoms with van der Waals surface area (Å²) in [6.07, 6.45) is -7.43. The number of ketones is 2. The molecule has 2 N–H and O–H groups in total. The molecule has 2 aliphatic rings. The van der Waals surface area contributed by atoms with E-state index in [0.29, 0.717) is 19.3 Å². The lowest BCUT2D eigenvalue weighted by Gasteiger charge is -2.28. The molecule has 0 bridgehead atoms. The molecule has 0 saturated heterocycles. The van der Waals surface area contributed by atoms with Gasteiger partial charge in [-0.1, -0.05) is 24.3 Å². The van der Waals surface area contributed by atoms with Gasteiger partial charge in [-0.2, -0.15) is 26.3 Å². The number of nitrogens with one attached hydrogen (secondary N) is 1. The number of hydrogen-bond donors (Lipinski definition) is 2. The molecule has 1 unspecified atom stereocenters. The van der Waals surface area contributed by atoms with Crippen LogP contribution in [0, 0.1) is 0 Å². The lowest BCUT2D eigenvalue weighted by atomic mass is 9.84. The van der Waals surface area contributed by atoms with Gasteiger partial charge in [0, 0.05) is 25.1 Å². The standard InChI is InChI=1S/C26H23F6NO3.H2/c27-25(28,29)20-6-1-3-14-8-10-19(24(36)23(14)20)22(35)11-15-7-9-17(13-21(15)26(30,31)32)33-16-4-2-5-18(34)12-16;/h1,3,6-7,9-10,13,16,18,33-34H,2,4-5,8,11-12H2;1H/t16?,18-;/m1./s1. The lowest BCUT2D eigenvalue weighted by Crippen LogP contribution is -2.30. The van der Waals surface area contributed by atoms with Gasteiger partial charge in [-0.05, 0) is 61.4 Å². The molecule has 36 heavy (non-hydrogen) atoms. The second-order valence-electron chi connectivity index (χ2n) is 9.12. The SMILES string of the molecule is O=C(Cc1ccc(NC2CCC[C@@H](O)C2)cc1C(F)(F)F)C1=CCc2cccc(C(F)(F)F)c2C1=O.[HH]. The van der Waals surface area contributed by atoms with Crippen LogP contribution in [-0.2, 0) is 30.0 Å². The van der Waals surface area contributed by atoms with Gasteiger partial charge in [-0.15, -0.1) is 0 Å². The molecule has 0 aliphatic heterocycles. The maximum Gasteiger partial charge on any atom is 0.417 e. The van der Waals surface area contributed by atoms with Crippen molar-refractivity contribution in [2.75, 3.05) is 5.32 Å². The number of Topliss-reactive ketones (excluding diaryl/α,β-unsaturated/α-hetero) is 2. The van der Waals surface area contributed by atoms with Crippen molar-refractivity contribution in [2.24, 2.45) is 0 Å². The van der Waals surface area contributed by atoms with Crippen molar-refractivity contribution in [3.63, 3.8) is 0 Å². The second kappa shape index (κ2) is 9.72. The maximum absolute atomic E-state index is 13.8. The Balaban J connectivity index is 0.00000380. The van der Waals surface area contributed by atoms with Crippen LogP contribution >= 0.6 is 0 Å². The van der Waals surface area contributed by atoms with Crippen molar-refractivity contribution in [1.29, 1.82) is 0 Å². The van der Waals surface area contributed by atoms with E-state index >= 15 is 0 Å². The number of benzene rings is 2. The molecule has 0 heterocycles.